The minimum atomic E-state index is -1.03. The van der Waals surface area contributed by atoms with E-state index in [9.17, 15) is 24.0 Å². The van der Waals surface area contributed by atoms with Crippen LogP contribution in [0.4, 0.5) is 4.79 Å². The lowest BCUT2D eigenvalue weighted by molar-refractivity contribution is 0.102. The lowest BCUT2D eigenvalue weighted by atomic mass is 9.98. The van der Waals surface area contributed by atoms with E-state index in [1.54, 1.807) is 136 Å². The fourth-order valence-electron chi connectivity index (χ4n) is 7.54. The molecule has 0 saturated heterocycles. The molecule has 0 radical (unpaired) electrons. The van der Waals surface area contributed by atoms with Gasteiger partial charge in [-0.05, 0) is 157 Å². The molecular formula is C57H42Cl2N2O9. The number of carbonyl (C=O) groups excluding carboxylic acids is 5. The van der Waals surface area contributed by atoms with Crippen molar-refractivity contribution in [2.75, 3.05) is 14.2 Å². The average Bonchev–Trinajstić information content (AvgIpc) is 4.07. The second-order valence-electron chi connectivity index (χ2n) is 15.6. The number of hydrogen-bond donors (Lipinski definition) is 0. The highest BCUT2D eigenvalue weighted by Crippen LogP contribution is 2.26. The SMILES string of the molecule is COc1ccc(C(=O)c2cccn2C/C=C/c2ccc(Cl)cc2C(=O)c2ccc(OC(=O)Oc3ccc(C(=O)c4cc(Cl)ccc4/C=C/Cn4cccc4C(=O)c4ccc(OC)cc4)cc3)cc2)cc1. The van der Waals surface area contributed by atoms with Crippen molar-refractivity contribution in [3.05, 3.63) is 248 Å². The minimum Gasteiger partial charge on any atom is -0.497 e. The van der Waals surface area contributed by atoms with Crippen molar-refractivity contribution >= 4 is 64.6 Å². The number of allylic oxidation sites excluding steroid dienone is 2. The Morgan fingerprint density at radius 2 is 0.786 bits per heavy atom. The third kappa shape index (κ3) is 11.4. The summed E-state index contributed by atoms with van der Waals surface area (Å²) in [4.78, 5) is 66.9. The van der Waals surface area contributed by atoms with Gasteiger partial charge in [-0.2, -0.15) is 0 Å². The molecule has 70 heavy (non-hydrogen) atoms. The molecule has 13 heteroatoms. The molecule has 0 aliphatic rings. The molecule has 0 N–H and O–H groups in total. The van der Waals surface area contributed by atoms with Crippen LogP contribution in [0.2, 0.25) is 10.0 Å². The first-order valence-electron chi connectivity index (χ1n) is 21.8. The average molecular weight is 970 g/mol. The number of halogens is 2. The van der Waals surface area contributed by atoms with E-state index in [-0.39, 0.29) is 34.6 Å². The molecule has 0 fully saturated rings. The molecule has 0 atom stereocenters. The van der Waals surface area contributed by atoms with Crippen LogP contribution in [0.25, 0.3) is 12.2 Å². The monoisotopic (exact) mass is 968 g/mol. The smallest absolute Gasteiger partial charge is 0.497 e. The maximum Gasteiger partial charge on any atom is 0.519 e. The first-order chi connectivity index (χ1) is 34.0. The molecule has 8 aromatic rings. The molecule has 8 rings (SSSR count). The van der Waals surface area contributed by atoms with Crippen molar-refractivity contribution in [2.45, 2.75) is 13.1 Å². The lowest BCUT2D eigenvalue weighted by Gasteiger charge is -2.10. The van der Waals surface area contributed by atoms with Crippen molar-refractivity contribution in [1.82, 2.24) is 9.13 Å². The van der Waals surface area contributed by atoms with Gasteiger partial charge in [0.15, 0.2) is 11.6 Å². The normalized spacial score (nSPS) is 11.1. The van der Waals surface area contributed by atoms with Crippen LogP contribution in [0.3, 0.4) is 0 Å². The van der Waals surface area contributed by atoms with Crippen LogP contribution in [-0.2, 0) is 13.1 Å². The van der Waals surface area contributed by atoms with Gasteiger partial charge in [-0.25, -0.2) is 4.79 Å². The Labute approximate surface area is 413 Å². The number of nitrogens with zero attached hydrogens (tertiary/aromatic N) is 2. The Morgan fingerprint density at radius 1 is 0.443 bits per heavy atom. The van der Waals surface area contributed by atoms with Crippen LogP contribution >= 0.6 is 23.2 Å². The van der Waals surface area contributed by atoms with Gasteiger partial charge in [0, 0.05) is 68.9 Å². The quantitative estimate of drug-likeness (QED) is 0.0468. The number of carbonyl (C=O) groups is 5. The van der Waals surface area contributed by atoms with E-state index in [0.717, 1.165) is 0 Å². The van der Waals surface area contributed by atoms with E-state index < -0.39 is 6.16 Å². The molecule has 0 amide bonds. The third-order valence-electron chi connectivity index (χ3n) is 11.2. The van der Waals surface area contributed by atoms with E-state index >= 15 is 0 Å². The molecule has 0 aliphatic carbocycles. The summed E-state index contributed by atoms with van der Waals surface area (Å²) in [7, 11) is 3.13. The highest BCUT2D eigenvalue weighted by atomic mass is 35.5. The molecule has 0 aliphatic heterocycles. The molecule has 0 bridgehead atoms. The summed E-state index contributed by atoms with van der Waals surface area (Å²) in [6.07, 6.45) is 9.90. The summed E-state index contributed by atoms with van der Waals surface area (Å²) in [5.41, 5.74) is 4.66. The van der Waals surface area contributed by atoms with Gasteiger partial charge in [0.1, 0.15) is 23.0 Å². The largest absolute Gasteiger partial charge is 0.519 e. The zero-order chi connectivity index (χ0) is 49.1. The summed E-state index contributed by atoms with van der Waals surface area (Å²) >= 11 is 12.7. The molecule has 0 spiro atoms. The molecular weight excluding hydrogens is 928 g/mol. The van der Waals surface area contributed by atoms with Gasteiger partial charge in [-0.3, -0.25) is 19.2 Å². The Hall–Kier alpha value is -8.51. The second kappa shape index (κ2) is 22.1. The first-order valence-corrected chi connectivity index (χ1v) is 22.5. The van der Waals surface area contributed by atoms with Gasteiger partial charge in [0.05, 0.1) is 25.6 Å². The summed E-state index contributed by atoms with van der Waals surface area (Å²) in [6, 6.07) is 43.0. The Kier molecular flexibility index (Phi) is 15.1. The van der Waals surface area contributed by atoms with E-state index in [2.05, 4.69) is 0 Å². The zero-order valence-corrected chi connectivity index (χ0v) is 39.2. The summed E-state index contributed by atoms with van der Waals surface area (Å²) in [5, 5.41) is 0.751. The predicted octanol–water partition coefficient (Wildman–Crippen LogP) is 12.5. The standard InChI is InChI=1S/C57H42Cl2N2O9/c1-67-45-23-13-41(14-24-45)55(64)51-9-5-33-60(51)31-3-7-37-11-21-43(58)35-49(37)53(62)39-17-27-47(28-18-39)69-57(66)70-48-29-19-40(20-30-48)54(63)50-36-44(59)22-12-38(50)8-4-32-61-34-6-10-52(61)56(65)42-15-25-46(68-2)26-16-42/h3-30,33-36H,31-32H2,1-2H3/b7-3+,8-4+. The summed E-state index contributed by atoms with van der Waals surface area (Å²) in [6.45, 7) is 0.730. The molecule has 2 aromatic heterocycles. The van der Waals surface area contributed by atoms with Gasteiger partial charge in [0.25, 0.3) is 0 Å². The molecule has 6 aromatic carbocycles. The number of benzene rings is 6. The molecule has 2 heterocycles. The van der Waals surface area contributed by atoms with Crippen LogP contribution in [0.15, 0.2) is 182 Å². The molecule has 348 valence electrons. The van der Waals surface area contributed by atoms with Crippen molar-refractivity contribution in [2.24, 2.45) is 0 Å². The topological polar surface area (TPSA) is 132 Å². The van der Waals surface area contributed by atoms with Crippen molar-refractivity contribution in [3.8, 4) is 23.0 Å². The first kappa shape index (κ1) is 48.0. The number of hydrogen-bond acceptors (Lipinski definition) is 9. The van der Waals surface area contributed by atoms with Crippen LogP contribution in [0, 0.1) is 0 Å². The van der Waals surface area contributed by atoms with E-state index in [4.69, 9.17) is 42.1 Å². The Bertz CT molecular complexity index is 3060. The molecule has 11 nitrogen and oxygen atoms in total. The van der Waals surface area contributed by atoms with Gasteiger partial charge in [-0.15, -0.1) is 0 Å². The lowest BCUT2D eigenvalue weighted by Crippen LogP contribution is -2.14. The van der Waals surface area contributed by atoms with E-state index in [0.29, 0.717) is 90.5 Å². The zero-order valence-electron chi connectivity index (χ0n) is 37.7. The third-order valence-corrected chi connectivity index (χ3v) is 11.7. The van der Waals surface area contributed by atoms with Crippen molar-refractivity contribution < 1.29 is 42.9 Å². The minimum absolute atomic E-state index is 0.129. The number of ketones is 4. The number of rotatable bonds is 18. The molecule has 0 saturated carbocycles. The van der Waals surface area contributed by atoms with Crippen LogP contribution in [0.5, 0.6) is 23.0 Å². The van der Waals surface area contributed by atoms with Crippen molar-refractivity contribution in [3.63, 3.8) is 0 Å². The van der Waals surface area contributed by atoms with E-state index in [1.165, 1.54) is 48.5 Å². The number of methoxy groups -OCH3 is 2. The van der Waals surface area contributed by atoms with Crippen molar-refractivity contribution in [1.29, 1.82) is 0 Å². The summed E-state index contributed by atoms with van der Waals surface area (Å²) < 4.78 is 24.8. The van der Waals surface area contributed by atoms with Crippen LogP contribution in [0.1, 0.15) is 75.1 Å². The van der Waals surface area contributed by atoms with Gasteiger partial charge < -0.3 is 28.1 Å². The number of aromatic nitrogens is 2. The van der Waals surface area contributed by atoms with Crippen LogP contribution in [-0.4, -0.2) is 52.6 Å². The van der Waals surface area contributed by atoms with E-state index in [1.807, 2.05) is 33.7 Å². The van der Waals surface area contributed by atoms with Gasteiger partial charge >= 0.3 is 6.16 Å². The maximum atomic E-state index is 13.8. The van der Waals surface area contributed by atoms with Gasteiger partial charge in [-0.1, -0.05) is 59.6 Å². The van der Waals surface area contributed by atoms with Crippen LogP contribution < -0.4 is 18.9 Å². The Balaban J connectivity index is 0.866. The number of ether oxygens (including phenoxy) is 4. The predicted molar refractivity (Wildman–Crippen MR) is 269 cm³/mol. The fourth-order valence-corrected chi connectivity index (χ4v) is 7.88. The highest BCUT2D eigenvalue weighted by Gasteiger charge is 2.19. The fraction of sp³-hybridized carbons (Fsp3) is 0.0702. The maximum absolute atomic E-state index is 13.8. The second-order valence-corrected chi connectivity index (χ2v) is 16.5. The Morgan fingerprint density at radius 3 is 1.14 bits per heavy atom. The molecule has 0 unspecified atom stereocenters. The highest BCUT2D eigenvalue weighted by molar-refractivity contribution is 6.31. The van der Waals surface area contributed by atoms with Gasteiger partial charge in [0.2, 0.25) is 11.6 Å². The summed E-state index contributed by atoms with van der Waals surface area (Å²) in [5.74, 6) is 0.678.